The van der Waals surface area contributed by atoms with Crippen LogP contribution in [0.4, 0.5) is 13.2 Å². The number of hydrogen-bond acceptors (Lipinski definition) is 1. The zero-order valence-corrected chi connectivity index (χ0v) is 10.3. The maximum atomic E-state index is 13.2. The van der Waals surface area contributed by atoms with Gasteiger partial charge in [0, 0.05) is 10.9 Å². The van der Waals surface area contributed by atoms with Crippen LogP contribution in [-0.2, 0) is 6.18 Å². The first-order chi connectivity index (χ1) is 9.07. The molecule has 0 radical (unpaired) electrons. The normalized spacial score (nSPS) is 18.1. The van der Waals surface area contributed by atoms with Crippen molar-refractivity contribution in [2.75, 3.05) is 13.1 Å². The molecular weight excluding hydrogens is 253 g/mol. The summed E-state index contributed by atoms with van der Waals surface area (Å²) in [5.41, 5.74) is 0.452. The molecule has 19 heavy (non-hydrogen) atoms. The minimum absolute atomic E-state index is 0.0194. The first kappa shape index (κ1) is 12.5. The second-order valence-corrected chi connectivity index (χ2v) is 4.98. The molecule has 1 aromatic heterocycles. The number of rotatable bonds is 1. The van der Waals surface area contributed by atoms with E-state index in [4.69, 9.17) is 0 Å². The van der Waals surface area contributed by atoms with Crippen LogP contribution in [0, 0.1) is 0 Å². The van der Waals surface area contributed by atoms with Crippen LogP contribution >= 0.6 is 0 Å². The Morgan fingerprint density at radius 3 is 2.42 bits per heavy atom. The van der Waals surface area contributed by atoms with Crippen LogP contribution in [0.2, 0.25) is 0 Å². The van der Waals surface area contributed by atoms with Crippen molar-refractivity contribution < 1.29 is 13.2 Å². The summed E-state index contributed by atoms with van der Waals surface area (Å²) in [6.07, 6.45) is -2.81. The van der Waals surface area contributed by atoms with Crippen molar-refractivity contribution >= 4 is 10.9 Å². The molecule has 1 aromatic carbocycles. The van der Waals surface area contributed by atoms with Gasteiger partial charge in [0.2, 0.25) is 0 Å². The Kier molecular flexibility index (Phi) is 3.01. The van der Waals surface area contributed by atoms with Gasteiger partial charge in [-0.25, -0.2) is 0 Å². The number of aromatic nitrogens is 1. The van der Waals surface area contributed by atoms with Crippen LogP contribution in [0.15, 0.2) is 24.3 Å². The van der Waals surface area contributed by atoms with Gasteiger partial charge in [-0.3, -0.25) is 0 Å². The van der Waals surface area contributed by atoms with E-state index in [2.05, 4.69) is 10.3 Å². The number of hydrogen-bond donors (Lipinski definition) is 2. The second kappa shape index (κ2) is 4.56. The highest BCUT2D eigenvalue weighted by Gasteiger charge is 2.38. The Labute approximate surface area is 109 Å². The molecule has 2 aromatic rings. The summed E-state index contributed by atoms with van der Waals surface area (Å²) in [5, 5.41) is 3.90. The fraction of sp³-hybridized carbons (Fsp3) is 0.429. The van der Waals surface area contributed by atoms with Crippen molar-refractivity contribution in [2.24, 2.45) is 0 Å². The zero-order valence-electron chi connectivity index (χ0n) is 10.3. The molecule has 0 unspecified atom stereocenters. The molecule has 2 heterocycles. The van der Waals surface area contributed by atoms with E-state index in [-0.39, 0.29) is 5.92 Å². The largest absolute Gasteiger partial charge is 0.431 e. The van der Waals surface area contributed by atoms with E-state index in [0.29, 0.717) is 16.5 Å². The molecule has 2 N–H and O–H groups in total. The summed E-state index contributed by atoms with van der Waals surface area (Å²) >= 11 is 0. The molecule has 0 atom stereocenters. The van der Waals surface area contributed by atoms with E-state index < -0.39 is 11.9 Å². The summed E-state index contributed by atoms with van der Waals surface area (Å²) in [6, 6.07) is 7.03. The van der Waals surface area contributed by atoms with Crippen LogP contribution in [0.3, 0.4) is 0 Å². The number of alkyl halides is 3. The quantitative estimate of drug-likeness (QED) is 0.811. The summed E-state index contributed by atoms with van der Waals surface area (Å²) in [5.74, 6) is -0.0194. The molecule has 5 heteroatoms. The third kappa shape index (κ3) is 2.23. The summed E-state index contributed by atoms with van der Waals surface area (Å²) in [4.78, 5) is 2.56. The average molecular weight is 268 g/mol. The molecule has 102 valence electrons. The summed E-state index contributed by atoms with van der Waals surface area (Å²) in [7, 11) is 0. The number of H-pyrrole nitrogens is 1. The molecule has 1 aliphatic rings. The van der Waals surface area contributed by atoms with Gasteiger partial charge >= 0.3 is 6.18 Å². The van der Waals surface area contributed by atoms with E-state index in [9.17, 15) is 13.2 Å². The smallest absolute Gasteiger partial charge is 0.351 e. The lowest BCUT2D eigenvalue weighted by Crippen LogP contribution is -2.27. The van der Waals surface area contributed by atoms with Crippen molar-refractivity contribution in [3.63, 3.8) is 0 Å². The van der Waals surface area contributed by atoms with Crippen LogP contribution < -0.4 is 5.32 Å². The van der Waals surface area contributed by atoms with Gasteiger partial charge in [-0.2, -0.15) is 13.2 Å². The predicted molar refractivity (Wildman–Crippen MR) is 68.1 cm³/mol. The van der Waals surface area contributed by atoms with E-state index in [1.165, 1.54) is 0 Å². The van der Waals surface area contributed by atoms with Gasteiger partial charge in [0.1, 0.15) is 5.69 Å². The van der Waals surface area contributed by atoms with Gasteiger partial charge < -0.3 is 10.3 Å². The van der Waals surface area contributed by atoms with Crippen LogP contribution in [0.1, 0.15) is 30.0 Å². The molecule has 3 rings (SSSR count). The molecule has 1 saturated heterocycles. The lowest BCUT2D eigenvalue weighted by atomic mass is 9.88. The molecule has 0 amide bonds. The number of halogens is 3. The van der Waals surface area contributed by atoms with E-state index in [0.717, 1.165) is 25.9 Å². The van der Waals surface area contributed by atoms with E-state index in [1.54, 1.807) is 24.3 Å². The minimum Gasteiger partial charge on any atom is -0.351 e. The maximum Gasteiger partial charge on any atom is 0.431 e. The van der Waals surface area contributed by atoms with Crippen molar-refractivity contribution in [1.29, 1.82) is 0 Å². The molecule has 1 fully saturated rings. The first-order valence-electron chi connectivity index (χ1n) is 6.46. The number of nitrogens with one attached hydrogen (secondary N) is 2. The number of para-hydroxylation sites is 1. The van der Waals surface area contributed by atoms with Crippen molar-refractivity contribution in [2.45, 2.75) is 24.9 Å². The highest BCUT2D eigenvalue weighted by Crippen LogP contribution is 2.41. The summed E-state index contributed by atoms with van der Waals surface area (Å²) < 4.78 is 39.6. The molecule has 2 nitrogen and oxygen atoms in total. The lowest BCUT2D eigenvalue weighted by molar-refractivity contribution is -0.141. The number of piperidine rings is 1. The van der Waals surface area contributed by atoms with Gasteiger partial charge in [-0.1, -0.05) is 18.2 Å². The average Bonchev–Trinajstić information content (AvgIpc) is 2.79. The topological polar surface area (TPSA) is 27.8 Å². The SMILES string of the molecule is FC(F)(F)c1[nH]c2ccccc2c1C1CCNCC1. The number of benzene rings is 1. The molecule has 1 aliphatic heterocycles. The van der Waals surface area contributed by atoms with Gasteiger partial charge in [0.15, 0.2) is 0 Å². The standard InChI is InChI=1S/C14H15F3N2/c15-14(16,17)13-12(9-5-7-18-8-6-9)10-3-1-2-4-11(10)19-13/h1-4,9,18-19H,5-8H2. The summed E-state index contributed by atoms with van der Waals surface area (Å²) in [6.45, 7) is 1.56. The fourth-order valence-electron chi connectivity index (χ4n) is 2.92. The second-order valence-electron chi connectivity index (χ2n) is 4.98. The first-order valence-corrected chi connectivity index (χ1v) is 6.46. The van der Waals surface area contributed by atoms with Gasteiger partial charge in [0.05, 0.1) is 0 Å². The maximum absolute atomic E-state index is 13.2. The molecular formula is C14H15F3N2. The highest BCUT2D eigenvalue weighted by molar-refractivity contribution is 5.85. The molecule has 0 saturated carbocycles. The molecule has 0 spiro atoms. The molecule has 0 aliphatic carbocycles. The van der Waals surface area contributed by atoms with Crippen molar-refractivity contribution in [1.82, 2.24) is 10.3 Å². The Hall–Kier alpha value is -1.49. The van der Waals surface area contributed by atoms with Crippen LogP contribution in [-0.4, -0.2) is 18.1 Å². The van der Waals surface area contributed by atoms with E-state index >= 15 is 0 Å². The van der Waals surface area contributed by atoms with Crippen molar-refractivity contribution in [3.05, 3.63) is 35.5 Å². The Balaban J connectivity index is 2.18. The number of fused-ring (bicyclic) bond motifs is 1. The number of aromatic amines is 1. The third-order valence-electron chi connectivity index (χ3n) is 3.78. The lowest BCUT2D eigenvalue weighted by Gasteiger charge is -2.24. The fourth-order valence-corrected chi connectivity index (χ4v) is 2.92. The predicted octanol–water partition coefficient (Wildman–Crippen LogP) is 3.65. The van der Waals surface area contributed by atoms with E-state index in [1.807, 2.05) is 0 Å². The van der Waals surface area contributed by atoms with Gasteiger partial charge in [-0.15, -0.1) is 0 Å². The Bertz CT molecular complexity index is 580. The Morgan fingerprint density at radius 2 is 1.74 bits per heavy atom. The van der Waals surface area contributed by atoms with Crippen molar-refractivity contribution in [3.8, 4) is 0 Å². The van der Waals surface area contributed by atoms with Gasteiger partial charge in [0.25, 0.3) is 0 Å². The third-order valence-corrected chi connectivity index (χ3v) is 3.78. The highest BCUT2D eigenvalue weighted by atomic mass is 19.4. The zero-order chi connectivity index (χ0) is 13.5. The van der Waals surface area contributed by atoms with Crippen LogP contribution in [0.5, 0.6) is 0 Å². The Morgan fingerprint density at radius 1 is 1.05 bits per heavy atom. The molecule has 0 bridgehead atoms. The minimum atomic E-state index is -4.32. The van der Waals surface area contributed by atoms with Gasteiger partial charge in [-0.05, 0) is 43.5 Å². The monoisotopic (exact) mass is 268 g/mol. The van der Waals surface area contributed by atoms with Crippen LogP contribution in [0.25, 0.3) is 10.9 Å².